The van der Waals surface area contributed by atoms with E-state index in [0.717, 1.165) is 16.0 Å². The van der Waals surface area contributed by atoms with E-state index in [9.17, 15) is 4.79 Å². The molecule has 1 aromatic heterocycles. The van der Waals surface area contributed by atoms with E-state index in [1.165, 1.54) is 0 Å². The first kappa shape index (κ1) is 13.8. The number of carbonyl (C=O) groups is 1. The number of nitrogens with one attached hydrogen (secondary N) is 1. The summed E-state index contributed by atoms with van der Waals surface area (Å²) in [6.45, 7) is 4.39. The number of benzene rings is 1. The Kier molecular flexibility index (Phi) is 4.37. The van der Waals surface area contributed by atoms with Crippen LogP contribution in [0.25, 0.3) is 0 Å². The van der Waals surface area contributed by atoms with E-state index in [1.54, 1.807) is 6.20 Å². The predicted octanol–water partition coefficient (Wildman–Crippen LogP) is 3.41. The van der Waals surface area contributed by atoms with Crippen molar-refractivity contribution in [2.75, 3.05) is 5.32 Å². The minimum atomic E-state index is -0.0631. The molecule has 0 unspecified atom stereocenters. The molecular formula is C14H16BrN3O. The van der Waals surface area contributed by atoms with E-state index in [1.807, 2.05) is 35.0 Å². The van der Waals surface area contributed by atoms with Crippen LogP contribution in [-0.4, -0.2) is 15.5 Å². The summed E-state index contributed by atoms with van der Waals surface area (Å²) >= 11 is 3.41. The zero-order valence-electron chi connectivity index (χ0n) is 10.9. The maximum Gasteiger partial charge on any atom is 0.244 e. The van der Waals surface area contributed by atoms with Gasteiger partial charge in [-0.2, -0.15) is 0 Å². The van der Waals surface area contributed by atoms with Crippen molar-refractivity contribution in [2.24, 2.45) is 0 Å². The molecule has 0 aliphatic carbocycles. The molecule has 0 saturated heterocycles. The van der Waals surface area contributed by atoms with Gasteiger partial charge in [-0.05, 0) is 28.1 Å². The van der Waals surface area contributed by atoms with Crippen molar-refractivity contribution in [2.45, 2.75) is 26.3 Å². The fourth-order valence-corrected chi connectivity index (χ4v) is 2.25. The molecule has 0 spiro atoms. The third-order valence-electron chi connectivity index (χ3n) is 2.73. The number of para-hydroxylation sites is 1. The first-order chi connectivity index (χ1) is 9.08. The Labute approximate surface area is 121 Å². The van der Waals surface area contributed by atoms with Crippen molar-refractivity contribution in [1.82, 2.24) is 9.55 Å². The predicted molar refractivity (Wildman–Crippen MR) is 79.1 cm³/mol. The van der Waals surface area contributed by atoms with Gasteiger partial charge in [-0.3, -0.25) is 4.79 Å². The molecule has 1 N–H and O–H groups in total. The molecule has 0 bridgehead atoms. The molecule has 2 aromatic rings. The molecule has 1 heterocycles. The summed E-state index contributed by atoms with van der Waals surface area (Å²) in [5.41, 5.74) is 0.777. The molecular weight excluding hydrogens is 306 g/mol. The fraction of sp³-hybridized carbons (Fsp3) is 0.286. The standard InChI is InChI=1S/C14H16BrN3O/c1-10(2)14-16-7-8-18(14)9-13(19)17-12-6-4-3-5-11(12)15/h3-8,10H,9H2,1-2H3,(H,17,19). The molecule has 1 amide bonds. The Balaban J connectivity index is 2.06. The monoisotopic (exact) mass is 321 g/mol. The Morgan fingerprint density at radius 3 is 2.84 bits per heavy atom. The summed E-state index contributed by atoms with van der Waals surface area (Å²) < 4.78 is 2.75. The van der Waals surface area contributed by atoms with Gasteiger partial charge in [0.1, 0.15) is 12.4 Å². The van der Waals surface area contributed by atoms with Gasteiger partial charge >= 0.3 is 0 Å². The lowest BCUT2D eigenvalue weighted by atomic mass is 10.2. The number of hydrogen-bond donors (Lipinski definition) is 1. The minimum Gasteiger partial charge on any atom is -0.325 e. The third-order valence-corrected chi connectivity index (χ3v) is 3.42. The molecule has 19 heavy (non-hydrogen) atoms. The lowest BCUT2D eigenvalue weighted by Gasteiger charge is -2.11. The first-order valence-electron chi connectivity index (χ1n) is 6.13. The topological polar surface area (TPSA) is 46.9 Å². The highest BCUT2D eigenvalue weighted by Crippen LogP contribution is 2.21. The van der Waals surface area contributed by atoms with Gasteiger partial charge in [0, 0.05) is 22.8 Å². The quantitative estimate of drug-likeness (QED) is 0.938. The number of halogens is 1. The van der Waals surface area contributed by atoms with Gasteiger partial charge in [0.2, 0.25) is 5.91 Å². The second-order valence-corrected chi connectivity index (χ2v) is 5.45. The SMILES string of the molecule is CC(C)c1nccn1CC(=O)Nc1ccccc1Br. The van der Waals surface area contributed by atoms with Crippen LogP contribution in [0.5, 0.6) is 0 Å². The van der Waals surface area contributed by atoms with E-state index < -0.39 is 0 Å². The van der Waals surface area contributed by atoms with Gasteiger partial charge in [0.25, 0.3) is 0 Å². The highest BCUT2D eigenvalue weighted by Gasteiger charge is 2.11. The lowest BCUT2D eigenvalue weighted by Crippen LogP contribution is -2.20. The van der Waals surface area contributed by atoms with E-state index in [-0.39, 0.29) is 12.5 Å². The molecule has 1 aromatic carbocycles. The van der Waals surface area contributed by atoms with Crippen LogP contribution in [0.15, 0.2) is 41.1 Å². The highest BCUT2D eigenvalue weighted by atomic mass is 79.9. The normalized spacial score (nSPS) is 10.7. The molecule has 0 fully saturated rings. The molecule has 0 aliphatic heterocycles. The molecule has 4 nitrogen and oxygen atoms in total. The molecule has 5 heteroatoms. The van der Waals surface area contributed by atoms with Gasteiger partial charge in [-0.15, -0.1) is 0 Å². The van der Waals surface area contributed by atoms with E-state index in [2.05, 4.69) is 40.1 Å². The Morgan fingerprint density at radius 2 is 2.16 bits per heavy atom. The highest BCUT2D eigenvalue weighted by molar-refractivity contribution is 9.10. The number of imidazole rings is 1. The van der Waals surface area contributed by atoms with E-state index >= 15 is 0 Å². The number of hydrogen-bond acceptors (Lipinski definition) is 2. The third kappa shape index (κ3) is 3.44. The second-order valence-electron chi connectivity index (χ2n) is 4.60. The summed E-state index contributed by atoms with van der Waals surface area (Å²) in [5, 5.41) is 2.88. The van der Waals surface area contributed by atoms with Crippen LogP contribution in [0.3, 0.4) is 0 Å². The van der Waals surface area contributed by atoms with Gasteiger partial charge in [-0.25, -0.2) is 4.98 Å². The molecule has 0 saturated carbocycles. The van der Waals surface area contributed by atoms with E-state index in [0.29, 0.717) is 5.92 Å². The second kappa shape index (κ2) is 6.02. The number of aromatic nitrogens is 2. The smallest absolute Gasteiger partial charge is 0.244 e. The van der Waals surface area contributed by atoms with Crippen LogP contribution < -0.4 is 5.32 Å². The first-order valence-corrected chi connectivity index (χ1v) is 6.92. The average Bonchev–Trinajstić information content (AvgIpc) is 2.80. The van der Waals surface area contributed by atoms with Crippen molar-refractivity contribution in [3.05, 3.63) is 47.0 Å². The minimum absolute atomic E-state index is 0.0631. The summed E-state index contributed by atoms with van der Waals surface area (Å²) in [6, 6.07) is 7.55. The Bertz CT molecular complexity index is 578. The number of nitrogens with zero attached hydrogens (tertiary/aromatic N) is 2. The number of amides is 1. The van der Waals surface area contributed by atoms with E-state index in [4.69, 9.17) is 0 Å². The molecule has 0 atom stereocenters. The van der Waals surface area contributed by atoms with Gasteiger partial charge in [0.15, 0.2) is 0 Å². The number of rotatable bonds is 4. The van der Waals surface area contributed by atoms with Crippen LogP contribution in [-0.2, 0) is 11.3 Å². The fourth-order valence-electron chi connectivity index (χ4n) is 1.86. The largest absolute Gasteiger partial charge is 0.325 e. The van der Waals surface area contributed by atoms with Crippen LogP contribution in [0.2, 0.25) is 0 Å². The van der Waals surface area contributed by atoms with Crippen LogP contribution >= 0.6 is 15.9 Å². The number of anilines is 1. The maximum absolute atomic E-state index is 12.0. The van der Waals surface area contributed by atoms with Crippen LogP contribution in [0.1, 0.15) is 25.6 Å². The van der Waals surface area contributed by atoms with Crippen molar-refractivity contribution in [3.63, 3.8) is 0 Å². The molecule has 0 aliphatic rings. The lowest BCUT2D eigenvalue weighted by molar-refractivity contribution is -0.116. The summed E-state index contributed by atoms with van der Waals surface area (Å²) in [7, 11) is 0. The summed E-state index contributed by atoms with van der Waals surface area (Å²) in [6.07, 6.45) is 3.55. The Morgan fingerprint density at radius 1 is 1.42 bits per heavy atom. The Hall–Kier alpha value is -1.62. The maximum atomic E-state index is 12.0. The molecule has 0 radical (unpaired) electrons. The van der Waals surface area contributed by atoms with Gasteiger partial charge in [-0.1, -0.05) is 26.0 Å². The molecule has 2 rings (SSSR count). The van der Waals surface area contributed by atoms with Crippen molar-refractivity contribution >= 4 is 27.5 Å². The van der Waals surface area contributed by atoms with Crippen LogP contribution in [0, 0.1) is 0 Å². The summed E-state index contributed by atoms with van der Waals surface area (Å²) in [5.74, 6) is 1.15. The van der Waals surface area contributed by atoms with Crippen molar-refractivity contribution < 1.29 is 4.79 Å². The summed E-state index contributed by atoms with van der Waals surface area (Å²) in [4.78, 5) is 16.3. The van der Waals surface area contributed by atoms with Gasteiger partial charge < -0.3 is 9.88 Å². The van der Waals surface area contributed by atoms with Gasteiger partial charge in [0.05, 0.1) is 5.69 Å². The number of carbonyl (C=O) groups excluding carboxylic acids is 1. The van der Waals surface area contributed by atoms with Crippen LogP contribution in [0.4, 0.5) is 5.69 Å². The van der Waals surface area contributed by atoms with Crippen molar-refractivity contribution in [1.29, 1.82) is 0 Å². The average molecular weight is 322 g/mol. The molecule has 100 valence electrons. The zero-order chi connectivity index (χ0) is 13.8. The zero-order valence-corrected chi connectivity index (χ0v) is 12.5. The van der Waals surface area contributed by atoms with Crippen molar-refractivity contribution in [3.8, 4) is 0 Å².